The van der Waals surface area contributed by atoms with Crippen LogP contribution in [0.1, 0.15) is 50.9 Å². The zero-order valence-electron chi connectivity index (χ0n) is 12.4. The maximum absolute atomic E-state index is 4.61. The van der Waals surface area contributed by atoms with Crippen LogP contribution in [-0.2, 0) is 13.0 Å². The molecule has 1 unspecified atom stereocenters. The summed E-state index contributed by atoms with van der Waals surface area (Å²) in [6, 6.07) is 0.602. The van der Waals surface area contributed by atoms with Gasteiger partial charge in [-0.25, -0.2) is 0 Å². The van der Waals surface area contributed by atoms with Crippen molar-refractivity contribution in [2.75, 3.05) is 6.54 Å². The van der Waals surface area contributed by atoms with Gasteiger partial charge in [0.1, 0.15) is 0 Å². The van der Waals surface area contributed by atoms with E-state index in [2.05, 4.69) is 51.8 Å². The Morgan fingerprint density at radius 3 is 2.63 bits per heavy atom. The average Bonchev–Trinajstić information content (AvgIpc) is 3.01. The van der Waals surface area contributed by atoms with Crippen LogP contribution >= 0.6 is 15.9 Å². The molecule has 1 heterocycles. The molecule has 2 rings (SSSR count). The Kier molecular flexibility index (Phi) is 5.46. The molecule has 1 atom stereocenters. The summed E-state index contributed by atoms with van der Waals surface area (Å²) in [7, 11) is 0. The number of nitrogens with one attached hydrogen (secondary N) is 1. The highest BCUT2D eigenvalue weighted by Gasteiger charge is 2.26. The number of halogens is 1. The van der Waals surface area contributed by atoms with Crippen molar-refractivity contribution in [2.45, 2.75) is 65.5 Å². The Balaban J connectivity index is 2.16. The third kappa shape index (κ3) is 3.40. The molecule has 1 N–H and O–H groups in total. The van der Waals surface area contributed by atoms with Crippen LogP contribution in [0.5, 0.6) is 0 Å². The minimum absolute atomic E-state index is 0.602. The topological polar surface area (TPSA) is 29.9 Å². The second kappa shape index (κ2) is 6.89. The van der Waals surface area contributed by atoms with Crippen LogP contribution in [0, 0.1) is 12.8 Å². The van der Waals surface area contributed by atoms with E-state index in [1.54, 1.807) is 0 Å². The van der Waals surface area contributed by atoms with Gasteiger partial charge in [-0.05, 0) is 55.1 Å². The minimum atomic E-state index is 0.602. The highest BCUT2D eigenvalue weighted by molar-refractivity contribution is 9.10. The standard InChI is InChI=1S/C15H26BrN3/c1-4-17-13(12-8-6-7-9-12)10-14-15(16)11(3)18-19(14)5-2/h12-13,17H,4-10H2,1-3H3. The second-order valence-corrected chi connectivity index (χ2v) is 6.37. The Labute approximate surface area is 125 Å². The molecular weight excluding hydrogens is 302 g/mol. The summed E-state index contributed by atoms with van der Waals surface area (Å²) < 4.78 is 3.36. The van der Waals surface area contributed by atoms with Gasteiger partial charge in [-0.1, -0.05) is 19.8 Å². The first-order valence-electron chi connectivity index (χ1n) is 7.62. The van der Waals surface area contributed by atoms with Gasteiger partial charge in [0.25, 0.3) is 0 Å². The molecule has 0 aromatic carbocycles. The average molecular weight is 328 g/mol. The minimum Gasteiger partial charge on any atom is -0.314 e. The lowest BCUT2D eigenvalue weighted by atomic mass is 9.94. The molecule has 19 heavy (non-hydrogen) atoms. The van der Waals surface area contributed by atoms with E-state index in [1.807, 2.05) is 0 Å². The van der Waals surface area contributed by atoms with E-state index in [0.717, 1.165) is 31.1 Å². The van der Waals surface area contributed by atoms with Gasteiger partial charge in [0.15, 0.2) is 0 Å². The molecule has 1 aliphatic carbocycles. The van der Waals surface area contributed by atoms with Crippen molar-refractivity contribution < 1.29 is 0 Å². The van der Waals surface area contributed by atoms with Crippen LogP contribution in [-0.4, -0.2) is 22.4 Å². The van der Waals surface area contributed by atoms with Crippen LogP contribution in [0.25, 0.3) is 0 Å². The van der Waals surface area contributed by atoms with Gasteiger partial charge in [0.2, 0.25) is 0 Å². The summed E-state index contributed by atoms with van der Waals surface area (Å²) >= 11 is 3.72. The van der Waals surface area contributed by atoms with Crippen molar-refractivity contribution in [1.29, 1.82) is 0 Å². The predicted octanol–water partition coefficient (Wildman–Crippen LogP) is 3.68. The normalized spacial score (nSPS) is 18.1. The van der Waals surface area contributed by atoms with Crippen LogP contribution in [0.15, 0.2) is 4.47 Å². The number of rotatable bonds is 6. The molecule has 0 bridgehead atoms. The molecule has 3 nitrogen and oxygen atoms in total. The molecule has 108 valence electrons. The van der Waals surface area contributed by atoms with Gasteiger partial charge < -0.3 is 5.32 Å². The molecule has 0 amide bonds. The van der Waals surface area contributed by atoms with Crippen molar-refractivity contribution in [3.8, 4) is 0 Å². The SMILES string of the molecule is CCNC(Cc1c(Br)c(C)nn1CC)C1CCCC1. The summed E-state index contributed by atoms with van der Waals surface area (Å²) in [6.45, 7) is 8.46. The highest BCUT2D eigenvalue weighted by atomic mass is 79.9. The zero-order chi connectivity index (χ0) is 13.8. The van der Waals surface area contributed by atoms with E-state index in [4.69, 9.17) is 0 Å². The van der Waals surface area contributed by atoms with Crippen molar-refractivity contribution >= 4 is 15.9 Å². The van der Waals surface area contributed by atoms with Gasteiger partial charge in [-0.3, -0.25) is 4.68 Å². The van der Waals surface area contributed by atoms with Crippen LogP contribution in [0.3, 0.4) is 0 Å². The van der Waals surface area contributed by atoms with E-state index in [1.165, 1.54) is 35.8 Å². The molecule has 0 aliphatic heterocycles. The first-order chi connectivity index (χ1) is 9.17. The Morgan fingerprint density at radius 1 is 1.37 bits per heavy atom. The van der Waals surface area contributed by atoms with Gasteiger partial charge >= 0.3 is 0 Å². The van der Waals surface area contributed by atoms with E-state index in [0.29, 0.717) is 6.04 Å². The van der Waals surface area contributed by atoms with E-state index < -0.39 is 0 Å². The fourth-order valence-electron chi connectivity index (χ4n) is 3.30. The first-order valence-corrected chi connectivity index (χ1v) is 8.41. The zero-order valence-corrected chi connectivity index (χ0v) is 14.0. The van der Waals surface area contributed by atoms with Crippen LogP contribution in [0.4, 0.5) is 0 Å². The summed E-state index contributed by atoms with van der Waals surface area (Å²) in [4.78, 5) is 0. The van der Waals surface area contributed by atoms with Crippen LogP contribution in [0.2, 0.25) is 0 Å². The molecule has 1 saturated carbocycles. The van der Waals surface area contributed by atoms with Gasteiger partial charge in [0.05, 0.1) is 15.9 Å². The molecule has 0 saturated heterocycles. The Morgan fingerprint density at radius 2 is 2.05 bits per heavy atom. The predicted molar refractivity (Wildman–Crippen MR) is 83.5 cm³/mol. The third-order valence-electron chi connectivity index (χ3n) is 4.30. The first kappa shape index (κ1) is 15.0. The molecular formula is C15H26BrN3. The lowest BCUT2D eigenvalue weighted by Gasteiger charge is -2.24. The van der Waals surface area contributed by atoms with Crippen LogP contribution < -0.4 is 5.32 Å². The number of hydrogen-bond donors (Lipinski definition) is 1. The molecule has 4 heteroatoms. The fourth-order valence-corrected chi connectivity index (χ4v) is 3.75. The summed E-state index contributed by atoms with van der Waals surface area (Å²) in [5.41, 5.74) is 2.47. The molecule has 0 spiro atoms. The quantitative estimate of drug-likeness (QED) is 0.863. The highest BCUT2D eigenvalue weighted by Crippen LogP contribution is 2.31. The summed E-state index contributed by atoms with van der Waals surface area (Å²) in [6.07, 6.45) is 6.66. The maximum atomic E-state index is 4.61. The van der Waals surface area contributed by atoms with Crippen molar-refractivity contribution in [1.82, 2.24) is 15.1 Å². The lowest BCUT2D eigenvalue weighted by molar-refractivity contribution is 0.354. The van der Waals surface area contributed by atoms with Crippen molar-refractivity contribution in [3.63, 3.8) is 0 Å². The Bertz CT molecular complexity index is 408. The molecule has 0 radical (unpaired) electrons. The molecule has 1 fully saturated rings. The molecule has 1 aliphatic rings. The van der Waals surface area contributed by atoms with Crippen molar-refractivity contribution in [3.05, 3.63) is 15.9 Å². The maximum Gasteiger partial charge on any atom is 0.0738 e. The Hall–Kier alpha value is -0.350. The number of hydrogen-bond acceptors (Lipinski definition) is 2. The summed E-state index contributed by atoms with van der Waals surface area (Å²) in [5, 5.41) is 8.31. The second-order valence-electron chi connectivity index (χ2n) is 5.57. The van der Waals surface area contributed by atoms with E-state index >= 15 is 0 Å². The third-order valence-corrected chi connectivity index (χ3v) is 5.33. The monoisotopic (exact) mass is 327 g/mol. The van der Waals surface area contributed by atoms with Gasteiger partial charge in [-0.15, -0.1) is 0 Å². The smallest absolute Gasteiger partial charge is 0.0738 e. The number of aromatic nitrogens is 2. The lowest BCUT2D eigenvalue weighted by Crippen LogP contribution is -2.37. The van der Waals surface area contributed by atoms with E-state index in [-0.39, 0.29) is 0 Å². The molecule has 1 aromatic heterocycles. The fraction of sp³-hybridized carbons (Fsp3) is 0.800. The number of likely N-dealkylation sites (N-methyl/N-ethyl adjacent to an activating group) is 1. The number of nitrogens with zero attached hydrogens (tertiary/aromatic N) is 2. The van der Waals surface area contributed by atoms with Crippen molar-refractivity contribution in [2.24, 2.45) is 5.92 Å². The number of aryl methyl sites for hydroxylation is 2. The summed E-state index contributed by atoms with van der Waals surface area (Å²) in [5.74, 6) is 0.840. The largest absolute Gasteiger partial charge is 0.314 e. The van der Waals surface area contributed by atoms with Gasteiger partial charge in [-0.2, -0.15) is 5.10 Å². The molecule has 1 aromatic rings. The van der Waals surface area contributed by atoms with Gasteiger partial charge in [0, 0.05) is 19.0 Å². The van der Waals surface area contributed by atoms with E-state index in [9.17, 15) is 0 Å².